The highest BCUT2D eigenvalue weighted by molar-refractivity contribution is 5.95. The number of hydrogen-bond acceptors (Lipinski definition) is 3. The third-order valence-electron chi connectivity index (χ3n) is 3.74. The van der Waals surface area contributed by atoms with E-state index in [9.17, 15) is 5.26 Å². The first-order valence-corrected chi connectivity index (χ1v) is 7.34. The van der Waals surface area contributed by atoms with Crippen LogP contribution >= 0.6 is 0 Å². The normalized spacial score (nSPS) is 10.6. The van der Waals surface area contributed by atoms with Crippen LogP contribution in [0.1, 0.15) is 30.9 Å². The third kappa shape index (κ3) is 2.64. The van der Waals surface area contributed by atoms with Crippen LogP contribution in [0, 0.1) is 11.3 Å². The van der Waals surface area contributed by atoms with Gasteiger partial charge in [-0.25, -0.2) is 0 Å². The van der Waals surface area contributed by atoms with E-state index in [1.165, 1.54) is 5.56 Å². The number of nitrogens with zero attached hydrogens (tertiary/aromatic N) is 2. The van der Waals surface area contributed by atoms with Crippen LogP contribution in [0.15, 0.2) is 54.7 Å². The van der Waals surface area contributed by atoms with Crippen molar-refractivity contribution in [2.75, 3.05) is 5.32 Å². The maximum Gasteiger partial charge on any atom is 0.103 e. The first-order chi connectivity index (χ1) is 10.7. The van der Waals surface area contributed by atoms with Gasteiger partial charge in [0.1, 0.15) is 6.07 Å². The molecule has 0 amide bonds. The molecule has 1 aromatic heterocycles. The van der Waals surface area contributed by atoms with Crippen molar-refractivity contribution in [3.8, 4) is 6.07 Å². The summed E-state index contributed by atoms with van der Waals surface area (Å²) in [4.78, 5) is 4.33. The van der Waals surface area contributed by atoms with Gasteiger partial charge in [0.15, 0.2) is 0 Å². The predicted molar refractivity (Wildman–Crippen MR) is 90.3 cm³/mol. The number of rotatable bonds is 3. The van der Waals surface area contributed by atoms with Crippen LogP contribution in [0.3, 0.4) is 0 Å². The van der Waals surface area contributed by atoms with Crippen LogP contribution in [0.4, 0.5) is 11.4 Å². The average molecular weight is 287 g/mol. The van der Waals surface area contributed by atoms with Gasteiger partial charge in [-0.1, -0.05) is 44.2 Å². The number of benzene rings is 2. The van der Waals surface area contributed by atoms with E-state index < -0.39 is 0 Å². The molecule has 22 heavy (non-hydrogen) atoms. The molecule has 0 fully saturated rings. The zero-order chi connectivity index (χ0) is 15.5. The molecule has 0 unspecified atom stereocenters. The lowest BCUT2D eigenvalue weighted by Gasteiger charge is -2.12. The molecule has 0 radical (unpaired) electrons. The van der Waals surface area contributed by atoms with Gasteiger partial charge in [-0.3, -0.25) is 4.98 Å². The number of nitrogens with one attached hydrogen (secondary N) is 1. The van der Waals surface area contributed by atoms with Crippen molar-refractivity contribution < 1.29 is 0 Å². The predicted octanol–water partition coefficient (Wildman–Crippen LogP) is 4.97. The van der Waals surface area contributed by atoms with Crippen molar-refractivity contribution in [2.45, 2.75) is 19.8 Å². The first-order valence-electron chi connectivity index (χ1n) is 7.34. The molecule has 1 heterocycles. The first kappa shape index (κ1) is 14.1. The maximum absolute atomic E-state index is 9.34. The van der Waals surface area contributed by atoms with Gasteiger partial charge in [-0.05, 0) is 29.7 Å². The lowest BCUT2D eigenvalue weighted by molar-refractivity contribution is 0.867. The summed E-state index contributed by atoms with van der Waals surface area (Å²) in [5.74, 6) is 0.505. The van der Waals surface area contributed by atoms with E-state index in [-0.39, 0.29) is 0 Å². The molecule has 0 spiro atoms. The van der Waals surface area contributed by atoms with Crippen LogP contribution in [-0.4, -0.2) is 4.98 Å². The minimum atomic E-state index is 0.505. The average Bonchev–Trinajstić information content (AvgIpc) is 2.55. The Kier molecular flexibility index (Phi) is 3.76. The van der Waals surface area contributed by atoms with Crippen molar-refractivity contribution >= 4 is 22.3 Å². The fourth-order valence-electron chi connectivity index (χ4n) is 2.46. The van der Waals surface area contributed by atoms with Gasteiger partial charge in [0.2, 0.25) is 0 Å². The summed E-state index contributed by atoms with van der Waals surface area (Å²) >= 11 is 0. The lowest BCUT2D eigenvalue weighted by atomic mass is 10.0. The molecule has 0 aliphatic rings. The second kappa shape index (κ2) is 5.87. The highest BCUT2D eigenvalue weighted by Crippen LogP contribution is 2.29. The molecule has 0 saturated carbocycles. The summed E-state index contributed by atoms with van der Waals surface area (Å²) in [5.41, 5.74) is 4.50. The van der Waals surface area contributed by atoms with E-state index >= 15 is 0 Å². The SMILES string of the molecule is CC(C)c1ccc(Nc2c(C#N)cnc3ccccc23)cc1. The van der Waals surface area contributed by atoms with Crippen LogP contribution in [-0.2, 0) is 0 Å². The Morgan fingerprint density at radius 1 is 1.05 bits per heavy atom. The van der Waals surface area contributed by atoms with Gasteiger partial charge in [-0.15, -0.1) is 0 Å². The topological polar surface area (TPSA) is 48.7 Å². The quantitative estimate of drug-likeness (QED) is 0.739. The Morgan fingerprint density at radius 2 is 1.77 bits per heavy atom. The summed E-state index contributed by atoms with van der Waals surface area (Å²) in [6.45, 7) is 4.35. The molecule has 1 N–H and O–H groups in total. The number of nitriles is 1. The third-order valence-corrected chi connectivity index (χ3v) is 3.74. The van der Waals surface area contributed by atoms with Crippen LogP contribution in [0.2, 0.25) is 0 Å². The van der Waals surface area contributed by atoms with Crippen LogP contribution in [0.5, 0.6) is 0 Å². The fourth-order valence-corrected chi connectivity index (χ4v) is 2.46. The minimum absolute atomic E-state index is 0.505. The maximum atomic E-state index is 9.34. The smallest absolute Gasteiger partial charge is 0.103 e. The molecule has 0 bridgehead atoms. The number of para-hydroxylation sites is 1. The Labute approximate surface area is 130 Å². The van der Waals surface area contributed by atoms with E-state index in [1.807, 2.05) is 36.4 Å². The molecule has 0 saturated heterocycles. The van der Waals surface area contributed by atoms with E-state index in [4.69, 9.17) is 0 Å². The molecule has 0 aliphatic heterocycles. The molecule has 3 aromatic rings. The molecule has 108 valence electrons. The Bertz CT molecular complexity index is 843. The van der Waals surface area contributed by atoms with Gasteiger partial charge in [0.25, 0.3) is 0 Å². The summed E-state index contributed by atoms with van der Waals surface area (Å²) in [5, 5.41) is 13.7. The summed E-state index contributed by atoms with van der Waals surface area (Å²) in [7, 11) is 0. The summed E-state index contributed by atoms with van der Waals surface area (Å²) < 4.78 is 0. The number of anilines is 2. The zero-order valence-corrected chi connectivity index (χ0v) is 12.7. The molecule has 3 heteroatoms. The molecule has 3 nitrogen and oxygen atoms in total. The molecule has 0 atom stereocenters. The zero-order valence-electron chi connectivity index (χ0n) is 12.7. The molecular formula is C19H17N3. The number of pyridine rings is 1. The number of fused-ring (bicyclic) bond motifs is 1. The minimum Gasteiger partial charge on any atom is -0.354 e. The van der Waals surface area contributed by atoms with E-state index in [0.717, 1.165) is 22.3 Å². The number of aromatic nitrogens is 1. The second-order valence-electron chi connectivity index (χ2n) is 5.58. The van der Waals surface area contributed by atoms with Crippen molar-refractivity contribution in [1.82, 2.24) is 4.98 Å². The van der Waals surface area contributed by atoms with Gasteiger partial charge < -0.3 is 5.32 Å². The van der Waals surface area contributed by atoms with Gasteiger partial charge in [-0.2, -0.15) is 5.26 Å². The van der Waals surface area contributed by atoms with Gasteiger partial charge >= 0.3 is 0 Å². The lowest BCUT2D eigenvalue weighted by Crippen LogP contribution is -1.97. The highest BCUT2D eigenvalue weighted by atomic mass is 14.9. The Hall–Kier alpha value is -2.86. The van der Waals surface area contributed by atoms with E-state index in [1.54, 1.807) is 6.20 Å². The molecular weight excluding hydrogens is 270 g/mol. The monoisotopic (exact) mass is 287 g/mol. The largest absolute Gasteiger partial charge is 0.354 e. The second-order valence-corrected chi connectivity index (χ2v) is 5.58. The highest BCUT2D eigenvalue weighted by Gasteiger charge is 2.09. The summed E-state index contributed by atoms with van der Waals surface area (Å²) in [6, 6.07) is 18.4. The van der Waals surface area contributed by atoms with Crippen molar-refractivity contribution in [1.29, 1.82) is 5.26 Å². The number of hydrogen-bond donors (Lipinski definition) is 1. The fraction of sp³-hybridized carbons (Fsp3) is 0.158. The van der Waals surface area contributed by atoms with Crippen molar-refractivity contribution in [3.05, 3.63) is 65.9 Å². The van der Waals surface area contributed by atoms with Crippen LogP contribution in [0.25, 0.3) is 10.9 Å². The van der Waals surface area contributed by atoms with E-state index in [0.29, 0.717) is 11.5 Å². The van der Waals surface area contributed by atoms with Gasteiger partial charge in [0, 0.05) is 17.3 Å². The van der Waals surface area contributed by atoms with Gasteiger partial charge in [0.05, 0.1) is 16.8 Å². The summed E-state index contributed by atoms with van der Waals surface area (Å²) in [6.07, 6.45) is 1.62. The van der Waals surface area contributed by atoms with Crippen LogP contribution < -0.4 is 5.32 Å². The molecule has 2 aromatic carbocycles. The Balaban J connectivity index is 2.04. The Morgan fingerprint density at radius 3 is 2.45 bits per heavy atom. The van der Waals surface area contributed by atoms with Crippen molar-refractivity contribution in [2.24, 2.45) is 0 Å². The molecule has 0 aliphatic carbocycles. The standard InChI is InChI=1S/C19H17N3/c1-13(2)14-7-9-16(10-8-14)22-19-15(11-20)12-21-18-6-4-3-5-17(18)19/h3-10,12-13H,1-2H3,(H,21,22). The van der Waals surface area contributed by atoms with E-state index in [2.05, 4.69) is 42.4 Å². The molecule has 3 rings (SSSR count). The van der Waals surface area contributed by atoms with Crippen molar-refractivity contribution in [3.63, 3.8) is 0 Å².